The van der Waals surface area contributed by atoms with Crippen LogP contribution in [0.4, 0.5) is 4.39 Å². The van der Waals surface area contributed by atoms with Crippen LogP contribution in [-0.4, -0.2) is 29.3 Å². The van der Waals surface area contributed by atoms with Gasteiger partial charge in [0.1, 0.15) is 11.9 Å². The van der Waals surface area contributed by atoms with Gasteiger partial charge >= 0.3 is 0 Å². The molecular formula is C24H31FN2O2. The summed E-state index contributed by atoms with van der Waals surface area (Å²) in [5.74, 6) is -0.581. The second kappa shape index (κ2) is 10.7. The van der Waals surface area contributed by atoms with E-state index in [1.54, 1.807) is 17.0 Å². The molecule has 0 heterocycles. The molecule has 0 aromatic heterocycles. The summed E-state index contributed by atoms with van der Waals surface area (Å²) in [4.78, 5) is 27.7. The largest absolute Gasteiger partial charge is 0.354 e. The Balaban J connectivity index is 2.30. The maximum Gasteiger partial charge on any atom is 0.242 e. The SMILES string of the molecule is CCCNC(=O)[C@H](CC)N(Cc1ccc(F)cc1)C(=O)Cc1cc(C)ccc1C. The predicted octanol–water partition coefficient (Wildman–Crippen LogP) is 4.32. The topological polar surface area (TPSA) is 49.4 Å². The van der Waals surface area contributed by atoms with Crippen LogP contribution in [0.2, 0.25) is 0 Å². The fourth-order valence-corrected chi connectivity index (χ4v) is 3.33. The van der Waals surface area contributed by atoms with Crippen LogP contribution in [0.3, 0.4) is 0 Å². The molecule has 29 heavy (non-hydrogen) atoms. The van der Waals surface area contributed by atoms with E-state index in [0.29, 0.717) is 13.0 Å². The number of amides is 2. The van der Waals surface area contributed by atoms with Crippen molar-refractivity contribution in [3.63, 3.8) is 0 Å². The van der Waals surface area contributed by atoms with E-state index >= 15 is 0 Å². The van der Waals surface area contributed by atoms with Crippen LogP contribution in [0, 0.1) is 19.7 Å². The second-order valence-electron chi connectivity index (χ2n) is 7.47. The smallest absolute Gasteiger partial charge is 0.242 e. The zero-order chi connectivity index (χ0) is 21.4. The van der Waals surface area contributed by atoms with Crippen molar-refractivity contribution >= 4 is 11.8 Å². The molecule has 0 saturated heterocycles. The van der Waals surface area contributed by atoms with E-state index in [1.165, 1.54) is 12.1 Å². The van der Waals surface area contributed by atoms with Gasteiger partial charge < -0.3 is 10.2 Å². The number of benzene rings is 2. The monoisotopic (exact) mass is 398 g/mol. The summed E-state index contributed by atoms with van der Waals surface area (Å²) in [6, 6.07) is 11.5. The summed E-state index contributed by atoms with van der Waals surface area (Å²) in [6.45, 7) is 8.71. The van der Waals surface area contributed by atoms with Crippen molar-refractivity contribution in [3.8, 4) is 0 Å². The lowest BCUT2D eigenvalue weighted by molar-refractivity contribution is -0.140. The van der Waals surface area contributed by atoms with Gasteiger partial charge in [-0.3, -0.25) is 9.59 Å². The van der Waals surface area contributed by atoms with E-state index in [9.17, 15) is 14.0 Å². The highest BCUT2D eigenvalue weighted by Crippen LogP contribution is 2.17. The van der Waals surface area contributed by atoms with Crippen LogP contribution < -0.4 is 5.32 Å². The summed E-state index contributed by atoms with van der Waals surface area (Å²) in [6.07, 6.45) is 1.57. The van der Waals surface area contributed by atoms with Crippen LogP contribution in [0.15, 0.2) is 42.5 Å². The average Bonchev–Trinajstić information content (AvgIpc) is 2.70. The van der Waals surface area contributed by atoms with E-state index in [2.05, 4.69) is 5.32 Å². The number of hydrogen-bond acceptors (Lipinski definition) is 2. The molecule has 1 atom stereocenters. The van der Waals surface area contributed by atoms with Crippen molar-refractivity contribution in [2.45, 2.75) is 59.5 Å². The number of hydrogen-bond donors (Lipinski definition) is 1. The molecule has 4 nitrogen and oxygen atoms in total. The minimum Gasteiger partial charge on any atom is -0.354 e. The number of carbonyl (C=O) groups is 2. The lowest BCUT2D eigenvalue weighted by Crippen LogP contribution is -2.49. The molecule has 1 N–H and O–H groups in total. The normalized spacial score (nSPS) is 11.8. The van der Waals surface area contributed by atoms with Crippen LogP contribution in [0.25, 0.3) is 0 Å². The molecule has 5 heteroatoms. The first-order chi connectivity index (χ1) is 13.8. The Morgan fingerprint density at radius 1 is 1.07 bits per heavy atom. The van der Waals surface area contributed by atoms with Crippen molar-refractivity contribution in [2.24, 2.45) is 0 Å². The Kier molecular flexibility index (Phi) is 8.37. The fourth-order valence-electron chi connectivity index (χ4n) is 3.33. The molecular weight excluding hydrogens is 367 g/mol. The standard InChI is InChI=1S/C24H31FN2O2/c1-5-13-26-24(29)22(6-2)27(16-19-9-11-21(25)12-10-19)23(28)15-20-14-17(3)7-8-18(20)4/h7-12,14,22H,5-6,13,15-16H2,1-4H3,(H,26,29)/t22-/m0/s1. The molecule has 2 amide bonds. The molecule has 0 unspecified atom stereocenters. The van der Waals surface area contributed by atoms with Crippen molar-refractivity contribution in [3.05, 3.63) is 70.5 Å². The molecule has 0 aliphatic rings. The first-order valence-corrected chi connectivity index (χ1v) is 10.2. The number of halogens is 1. The van der Waals surface area contributed by atoms with Crippen molar-refractivity contribution in [1.29, 1.82) is 0 Å². The molecule has 0 radical (unpaired) electrons. The van der Waals surface area contributed by atoms with E-state index in [1.807, 2.05) is 45.9 Å². The lowest BCUT2D eigenvalue weighted by atomic mass is 10.0. The molecule has 0 saturated carbocycles. The van der Waals surface area contributed by atoms with E-state index < -0.39 is 6.04 Å². The number of carbonyl (C=O) groups excluding carboxylic acids is 2. The summed E-state index contributed by atoms with van der Waals surface area (Å²) in [5.41, 5.74) is 3.90. The van der Waals surface area contributed by atoms with Crippen LogP contribution >= 0.6 is 0 Å². The fraction of sp³-hybridized carbons (Fsp3) is 0.417. The number of nitrogens with one attached hydrogen (secondary N) is 1. The van der Waals surface area contributed by atoms with Crippen molar-refractivity contribution in [2.75, 3.05) is 6.54 Å². The summed E-state index contributed by atoms with van der Waals surface area (Å²) in [5, 5.41) is 2.91. The predicted molar refractivity (Wildman–Crippen MR) is 114 cm³/mol. The molecule has 2 rings (SSSR count). The Morgan fingerprint density at radius 3 is 2.38 bits per heavy atom. The van der Waals surface area contributed by atoms with Gasteiger partial charge in [0.25, 0.3) is 0 Å². The molecule has 2 aromatic rings. The Labute approximate surface area is 173 Å². The van der Waals surface area contributed by atoms with Gasteiger partial charge in [0, 0.05) is 13.1 Å². The number of aryl methyl sites for hydroxylation is 2. The number of nitrogens with zero attached hydrogens (tertiary/aromatic N) is 1. The maximum absolute atomic E-state index is 13.3. The maximum atomic E-state index is 13.3. The van der Waals surface area contributed by atoms with Crippen LogP contribution in [0.1, 0.15) is 48.9 Å². The molecule has 0 aliphatic carbocycles. The lowest BCUT2D eigenvalue weighted by Gasteiger charge is -2.31. The minimum absolute atomic E-state index is 0.110. The van der Waals surface area contributed by atoms with Gasteiger partial charge in [-0.25, -0.2) is 4.39 Å². The third kappa shape index (κ3) is 6.41. The van der Waals surface area contributed by atoms with Crippen LogP contribution in [-0.2, 0) is 22.6 Å². The Hall–Kier alpha value is -2.69. The summed E-state index contributed by atoms with van der Waals surface area (Å²) < 4.78 is 13.3. The molecule has 2 aromatic carbocycles. The summed E-state index contributed by atoms with van der Waals surface area (Å²) in [7, 11) is 0. The quantitative estimate of drug-likeness (QED) is 0.684. The van der Waals surface area contributed by atoms with Gasteiger partial charge in [-0.15, -0.1) is 0 Å². The first kappa shape index (κ1) is 22.6. The molecule has 0 spiro atoms. The molecule has 156 valence electrons. The summed E-state index contributed by atoms with van der Waals surface area (Å²) >= 11 is 0. The highest BCUT2D eigenvalue weighted by molar-refractivity contribution is 5.88. The molecule has 0 bridgehead atoms. The van der Waals surface area contributed by atoms with Gasteiger partial charge in [0.2, 0.25) is 11.8 Å². The second-order valence-corrected chi connectivity index (χ2v) is 7.47. The van der Waals surface area contributed by atoms with Crippen LogP contribution in [0.5, 0.6) is 0 Å². The van der Waals surface area contributed by atoms with Gasteiger partial charge in [-0.1, -0.05) is 49.7 Å². The third-order valence-electron chi connectivity index (χ3n) is 5.05. The van der Waals surface area contributed by atoms with E-state index in [4.69, 9.17) is 0 Å². The van der Waals surface area contributed by atoms with Crippen molar-refractivity contribution in [1.82, 2.24) is 10.2 Å². The first-order valence-electron chi connectivity index (χ1n) is 10.2. The van der Waals surface area contributed by atoms with Gasteiger partial charge in [-0.05, 0) is 55.5 Å². The van der Waals surface area contributed by atoms with Gasteiger partial charge in [-0.2, -0.15) is 0 Å². The van der Waals surface area contributed by atoms with Crippen molar-refractivity contribution < 1.29 is 14.0 Å². The van der Waals surface area contributed by atoms with E-state index in [0.717, 1.165) is 28.7 Å². The van der Waals surface area contributed by atoms with Gasteiger partial charge in [0.05, 0.1) is 6.42 Å². The third-order valence-corrected chi connectivity index (χ3v) is 5.05. The highest BCUT2D eigenvalue weighted by atomic mass is 19.1. The van der Waals surface area contributed by atoms with E-state index in [-0.39, 0.29) is 30.6 Å². The number of rotatable bonds is 9. The zero-order valence-corrected chi connectivity index (χ0v) is 17.8. The Morgan fingerprint density at radius 2 is 1.76 bits per heavy atom. The average molecular weight is 399 g/mol. The Bertz CT molecular complexity index is 833. The molecule has 0 aliphatic heterocycles. The zero-order valence-electron chi connectivity index (χ0n) is 17.8. The van der Waals surface area contributed by atoms with Gasteiger partial charge in [0.15, 0.2) is 0 Å². The minimum atomic E-state index is -0.566. The molecule has 0 fully saturated rings. The highest BCUT2D eigenvalue weighted by Gasteiger charge is 2.28.